The first-order chi connectivity index (χ1) is 6.60. The van der Waals surface area contributed by atoms with Crippen molar-refractivity contribution in [1.29, 1.82) is 0 Å². The number of halogens is 2. The third-order valence-corrected chi connectivity index (χ3v) is 1.92. The molecule has 78 valence electrons. The first-order valence-corrected chi connectivity index (χ1v) is 4.08. The highest BCUT2D eigenvalue weighted by molar-refractivity contribution is 5.32. The molecule has 0 aromatic heterocycles. The summed E-state index contributed by atoms with van der Waals surface area (Å²) in [6, 6.07) is 1.27. The molecule has 0 fully saturated rings. The third kappa shape index (κ3) is 2.00. The zero-order chi connectivity index (χ0) is 10.7. The lowest BCUT2D eigenvalue weighted by atomic mass is 10.1. The fourth-order valence-electron chi connectivity index (χ4n) is 1.11. The molecule has 0 saturated carbocycles. The Labute approximate surface area is 80.7 Å². The van der Waals surface area contributed by atoms with Crippen molar-refractivity contribution in [2.24, 2.45) is 11.5 Å². The van der Waals surface area contributed by atoms with Gasteiger partial charge in [0.25, 0.3) is 0 Å². The summed E-state index contributed by atoms with van der Waals surface area (Å²) in [6.07, 6.45) is 0. The number of nitrogens with two attached hydrogens (primary N) is 2. The van der Waals surface area contributed by atoms with Gasteiger partial charge in [0.05, 0.1) is 7.11 Å². The Morgan fingerprint density at radius 1 is 1.36 bits per heavy atom. The van der Waals surface area contributed by atoms with Crippen molar-refractivity contribution < 1.29 is 13.5 Å². The molecule has 0 aliphatic heterocycles. The van der Waals surface area contributed by atoms with Crippen LogP contribution in [0.2, 0.25) is 0 Å². The first kappa shape index (κ1) is 10.9. The summed E-state index contributed by atoms with van der Waals surface area (Å²) in [6.45, 7) is 0.0582. The van der Waals surface area contributed by atoms with Crippen LogP contribution in [0.15, 0.2) is 12.1 Å². The topological polar surface area (TPSA) is 61.3 Å². The average Bonchev–Trinajstić information content (AvgIpc) is 2.19. The minimum Gasteiger partial charge on any atom is -0.494 e. The van der Waals surface area contributed by atoms with Crippen LogP contribution in [0.4, 0.5) is 8.78 Å². The maximum Gasteiger partial charge on any atom is 0.165 e. The second kappa shape index (κ2) is 4.34. The van der Waals surface area contributed by atoms with Crippen LogP contribution in [0.1, 0.15) is 11.6 Å². The SMILES string of the molecule is COc1cc(F)c([C@H](N)CN)cc1F. The van der Waals surface area contributed by atoms with E-state index in [1.807, 2.05) is 0 Å². The van der Waals surface area contributed by atoms with Crippen molar-refractivity contribution in [2.75, 3.05) is 13.7 Å². The molecule has 0 bridgehead atoms. The highest BCUT2D eigenvalue weighted by Gasteiger charge is 2.14. The Balaban J connectivity index is 3.14. The monoisotopic (exact) mass is 202 g/mol. The van der Waals surface area contributed by atoms with Crippen molar-refractivity contribution in [3.8, 4) is 5.75 Å². The Bertz CT molecular complexity index is 331. The summed E-state index contributed by atoms with van der Waals surface area (Å²) in [7, 11) is 1.26. The fraction of sp³-hybridized carbons (Fsp3) is 0.333. The smallest absolute Gasteiger partial charge is 0.165 e. The highest BCUT2D eigenvalue weighted by atomic mass is 19.1. The molecule has 1 atom stereocenters. The van der Waals surface area contributed by atoms with E-state index in [0.29, 0.717) is 0 Å². The van der Waals surface area contributed by atoms with Crippen LogP contribution in [0.5, 0.6) is 5.75 Å². The van der Waals surface area contributed by atoms with Gasteiger partial charge in [0.2, 0.25) is 0 Å². The van der Waals surface area contributed by atoms with Gasteiger partial charge in [-0.05, 0) is 6.07 Å². The van der Waals surface area contributed by atoms with Gasteiger partial charge >= 0.3 is 0 Å². The third-order valence-electron chi connectivity index (χ3n) is 1.92. The van der Waals surface area contributed by atoms with Crippen molar-refractivity contribution in [3.63, 3.8) is 0 Å². The van der Waals surface area contributed by atoms with E-state index < -0.39 is 17.7 Å². The number of benzene rings is 1. The number of rotatable bonds is 3. The Morgan fingerprint density at radius 2 is 2.00 bits per heavy atom. The molecule has 0 amide bonds. The molecular formula is C9H12F2N2O. The van der Waals surface area contributed by atoms with Crippen LogP contribution in [0.3, 0.4) is 0 Å². The lowest BCUT2D eigenvalue weighted by molar-refractivity contribution is 0.381. The maximum absolute atomic E-state index is 13.3. The van der Waals surface area contributed by atoms with Gasteiger partial charge in [0.15, 0.2) is 11.6 Å². The van der Waals surface area contributed by atoms with E-state index in [0.717, 1.165) is 12.1 Å². The predicted octanol–water partition coefficient (Wildman–Crippen LogP) is 0.932. The Morgan fingerprint density at radius 3 is 2.50 bits per heavy atom. The van der Waals surface area contributed by atoms with Gasteiger partial charge < -0.3 is 16.2 Å². The summed E-state index contributed by atoms with van der Waals surface area (Å²) in [5.41, 5.74) is 10.8. The molecule has 0 radical (unpaired) electrons. The van der Waals surface area contributed by atoms with Gasteiger partial charge in [-0.3, -0.25) is 0 Å². The van der Waals surface area contributed by atoms with E-state index in [1.165, 1.54) is 7.11 Å². The lowest BCUT2D eigenvalue weighted by Gasteiger charge is -2.11. The molecule has 4 N–H and O–H groups in total. The Kier molecular flexibility index (Phi) is 3.38. The van der Waals surface area contributed by atoms with Crippen molar-refractivity contribution in [1.82, 2.24) is 0 Å². The van der Waals surface area contributed by atoms with E-state index in [1.54, 1.807) is 0 Å². The first-order valence-electron chi connectivity index (χ1n) is 4.08. The summed E-state index contributed by atoms with van der Waals surface area (Å²) < 4.78 is 31.0. The molecule has 5 heteroatoms. The van der Waals surface area contributed by atoms with Gasteiger partial charge in [-0.2, -0.15) is 0 Å². The van der Waals surface area contributed by atoms with Gasteiger partial charge in [-0.25, -0.2) is 8.78 Å². The summed E-state index contributed by atoms with van der Waals surface area (Å²) >= 11 is 0. The van der Waals surface area contributed by atoms with Crippen LogP contribution < -0.4 is 16.2 Å². The van der Waals surface area contributed by atoms with E-state index in [-0.39, 0.29) is 17.9 Å². The fourth-order valence-corrected chi connectivity index (χ4v) is 1.11. The van der Waals surface area contributed by atoms with Crippen molar-refractivity contribution in [2.45, 2.75) is 6.04 Å². The molecule has 14 heavy (non-hydrogen) atoms. The zero-order valence-electron chi connectivity index (χ0n) is 7.76. The Hall–Kier alpha value is -1.20. The summed E-state index contributed by atoms with van der Waals surface area (Å²) in [5, 5.41) is 0. The second-order valence-electron chi connectivity index (χ2n) is 2.85. The minimum atomic E-state index is -0.699. The minimum absolute atomic E-state index is 0.0582. The van der Waals surface area contributed by atoms with Crippen molar-refractivity contribution in [3.05, 3.63) is 29.3 Å². The molecular weight excluding hydrogens is 190 g/mol. The molecule has 1 rings (SSSR count). The number of ether oxygens (including phenoxy) is 1. The maximum atomic E-state index is 13.3. The van der Waals surface area contributed by atoms with E-state index in [4.69, 9.17) is 11.5 Å². The van der Waals surface area contributed by atoms with Crippen LogP contribution in [0.25, 0.3) is 0 Å². The predicted molar refractivity (Wildman–Crippen MR) is 48.9 cm³/mol. The van der Waals surface area contributed by atoms with Gasteiger partial charge in [0, 0.05) is 24.2 Å². The normalized spacial score (nSPS) is 12.6. The van der Waals surface area contributed by atoms with E-state index >= 15 is 0 Å². The van der Waals surface area contributed by atoms with Crippen molar-refractivity contribution >= 4 is 0 Å². The van der Waals surface area contributed by atoms with E-state index in [2.05, 4.69) is 4.74 Å². The number of hydrogen-bond donors (Lipinski definition) is 2. The molecule has 0 aliphatic carbocycles. The number of hydrogen-bond acceptors (Lipinski definition) is 3. The van der Waals surface area contributed by atoms with Crippen LogP contribution >= 0.6 is 0 Å². The standard InChI is InChI=1S/C9H12F2N2O/c1-14-9-3-6(10)5(2-7(9)11)8(13)4-12/h2-3,8H,4,12-13H2,1H3/t8-/m1/s1. The zero-order valence-corrected chi connectivity index (χ0v) is 7.76. The molecule has 0 unspecified atom stereocenters. The average molecular weight is 202 g/mol. The molecule has 0 heterocycles. The molecule has 0 saturated heterocycles. The number of methoxy groups -OCH3 is 1. The largest absolute Gasteiger partial charge is 0.494 e. The van der Waals surface area contributed by atoms with E-state index in [9.17, 15) is 8.78 Å². The quantitative estimate of drug-likeness (QED) is 0.766. The van der Waals surface area contributed by atoms with Gasteiger partial charge in [-0.15, -0.1) is 0 Å². The molecule has 1 aromatic carbocycles. The second-order valence-corrected chi connectivity index (χ2v) is 2.85. The lowest BCUT2D eigenvalue weighted by Crippen LogP contribution is -2.22. The highest BCUT2D eigenvalue weighted by Crippen LogP contribution is 2.23. The van der Waals surface area contributed by atoms with Gasteiger partial charge in [0.1, 0.15) is 5.82 Å². The van der Waals surface area contributed by atoms with Crippen LogP contribution in [-0.4, -0.2) is 13.7 Å². The van der Waals surface area contributed by atoms with Gasteiger partial charge in [-0.1, -0.05) is 0 Å². The van der Waals surface area contributed by atoms with Crippen LogP contribution in [-0.2, 0) is 0 Å². The molecule has 3 nitrogen and oxygen atoms in total. The van der Waals surface area contributed by atoms with Crippen LogP contribution in [0, 0.1) is 11.6 Å². The summed E-state index contributed by atoms with van der Waals surface area (Å²) in [5.74, 6) is -1.40. The molecule has 0 spiro atoms. The molecule has 1 aromatic rings. The summed E-state index contributed by atoms with van der Waals surface area (Å²) in [4.78, 5) is 0. The molecule has 0 aliphatic rings.